The Labute approximate surface area is 75.1 Å². The van der Waals surface area contributed by atoms with Crippen molar-refractivity contribution in [2.75, 3.05) is 19.6 Å². The number of likely N-dealkylation sites (tertiary alicyclic amines) is 1. The van der Waals surface area contributed by atoms with Crippen molar-refractivity contribution in [3.8, 4) is 0 Å². The Hall–Kier alpha value is -0.0800. The van der Waals surface area contributed by atoms with Crippen LogP contribution < -0.4 is 5.73 Å². The molecule has 70 valence electrons. The van der Waals surface area contributed by atoms with Crippen LogP contribution in [0.5, 0.6) is 0 Å². The standard InChI is InChI=1S/C10H20N2/c1-8-5-12(6-9(8)2)7-10(11)3-4-10/h8-9H,3-7,11H2,1-2H3. The highest BCUT2D eigenvalue weighted by Crippen LogP contribution is 2.35. The van der Waals surface area contributed by atoms with Crippen molar-refractivity contribution in [2.45, 2.75) is 32.2 Å². The summed E-state index contributed by atoms with van der Waals surface area (Å²) in [5.41, 5.74) is 6.29. The van der Waals surface area contributed by atoms with Crippen LogP contribution >= 0.6 is 0 Å². The van der Waals surface area contributed by atoms with Gasteiger partial charge in [0.05, 0.1) is 0 Å². The van der Waals surface area contributed by atoms with E-state index in [1.54, 1.807) is 0 Å². The maximum atomic E-state index is 6.08. The van der Waals surface area contributed by atoms with E-state index in [1.165, 1.54) is 25.9 Å². The Balaban J connectivity index is 1.83. The molecule has 2 N–H and O–H groups in total. The second-order valence-electron chi connectivity index (χ2n) is 5.01. The highest BCUT2D eigenvalue weighted by atomic mass is 15.2. The predicted octanol–water partition coefficient (Wildman–Crippen LogP) is 1.07. The molecular formula is C10H20N2. The number of nitrogens with two attached hydrogens (primary N) is 1. The van der Waals surface area contributed by atoms with E-state index in [2.05, 4.69) is 18.7 Å². The first-order chi connectivity index (χ1) is 5.59. The van der Waals surface area contributed by atoms with Gasteiger partial charge in [-0.25, -0.2) is 0 Å². The quantitative estimate of drug-likeness (QED) is 0.668. The number of hydrogen-bond donors (Lipinski definition) is 1. The maximum absolute atomic E-state index is 6.08. The lowest BCUT2D eigenvalue weighted by molar-refractivity contribution is 0.293. The van der Waals surface area contributed by atoms with E-state index < -0.39 is 0 Å². The third kappa shape index (κ3) is 1.64. The molecule has 2 fully saturated rings. The molecule has 12 heavy (non-hydrogen) atoms. The Morgan fingerprint density at radius 1 is 1.25 bits per heavy atom. The molecule has 0 aromatic heterocycles. The lowest BCUT2D eigenvalue weighted by atomic mass is 10.0. The fraction of sp³-hybridized carbons (Fsp3) is 1.00. The van der Waals surface area contributed by atoms with Crippen molar-refractivity contribution in [3.05, 3.63) is 0 Å². The first-order valence-electron chi connectivity index (χ1n) is 5.10. The fourth-order valence-corrected chi connectivity index (χ4v) is 2.14. The topological polar surface area (TPSA) is 29.3 Å². The van der Waals surface area contributed by atoms with E-state index in [0.717, 1.165) is 18.4 Å². The van der Waals surface area contributed by atoms with Gasteiger partial charge in [0.15, 0.2) is 0 Å². The third-order valence-corrected chi connectivity index (χ3v) is 3.49. The van der Waals surface area contributed by atoms with Crippen LogP contribution in [0, 0.1) is 11.8 Å². The van der Waals surface area contributed by atoms with E-state index in [4.69, 9.17) is 5.73 Å². The molecule has 1 heterocycles. The summed E-state index contributed by atoms with van der Waals surface area (Å²) in [6.45, 7) is 8.36. The minimum absolute atomic E-state index is 0.212. The van der Waals surface area contributed by atoms with Crippen LogP contribution in [0.2, 0.25) is 0 Å². The summed E-state index contributed by atoms with van der Waals surface area (Å²) in [5, 5.41) is 0. The summed E-state index contributed by atoms with van der Waals surface area (Å²) in [6, 6.07) is 0. The molecule has 0 radical (unpaired) electrons. The lowest BCUT2D eigenvalue weighted by Gasteiger charge is -2.19. The maximum Gasteiger partial charge on any atom is 0.0284 e. The van der Waals surface area contributed by atoms with E-state index in [9.17, 15) is 0 Å². The summed E-state index contributed by atoms with van der Waals surface area (Å²) in [5.74, 6) is 1.74. The van der Waals surface area contributed by atoms with Gasteiger partial charge in [0.1, 0.15) is 0 Å². The predicted molar refractivity (Wildman–Crippen MR) is 50.9 cm³/mol. The molecule has 2 heteroatoms. The van der Waals surface area contributed by atoms with Crippen LogP contribution in [0.3, 0.4) is 0 Å². The molecule has 2 rings (SSSR count). The van der Waals surface area contributed by atoms with Crippen LogP contribution in [0.25, 0.3) is 0 Å². The zero-order valence-electron chi connectivity index (χ0n) is 8.21. The number of rotatable bonds is 2. The highest BCUT2D eigenvalue weighted by molar-refractivity contribution is 5.02. The zero-order valence-corrected chi connectivity index (χ0v) is 8.21. The molecule has 0 amide bonds. The molecule has 0 aromatic carbocycles. The van der Waals surface area contributed by atoms with Gasteiger partial charge >= 0.3 is 0 Å². The number of hydrogen-bond acceptors (Lipinski definition) is 2. The molecule has 0 spiro atoms. The molecule has 2 unspecified atom stereocenters. The van der Waals surface area contributed by atoms with E-state index in [1.807, 2.05) is 0 Å². The molecule has 1 aliphatic carbocycles. The van der Waals surface area contributed by atoms with Gasteiger partial charge in [-0.15, -0.1) is 0 Å². The van der Waals surface area contributed by atoms with E-state index >= 15 is 0 Å². The smallest absolute Gasteiger partial charge is 0.0284 e. The Morgan fingerprint density at radius 3 is 2.17 bits per heavy atom. The van der Waals surface area contributed by atoms with Gasteiger partial charge in [0, 0.05) is 25.2 Å². The average Bonchev–Trinajstić information content (AvgIpc) is 2.59. The monoisotopic (exact) mass is 168 g/mol. The van der Waals surface area contributed by atoms with Gasteiger partial charge in [-0.1, -0.05) is 13.8 Å². The summed E-state index contributed by atoms with van der Waals surface area (Å²) < 4.78 is 0. The molecule has 1 saturated carbocycles. The van der Waals surface area contributed by atoms with Crippen molar-refractivity contribution in [2.24, 2.45) is 17.6 Å². The van der Waals surface area contributed by atoms with Crippen LogP contribution in [0.15, 0.2) is 0 Å². The van der Waals surface area contributed by atoms with E-state index in [-0.39, 0.29) is 5.54 Å². The second kappa shape index (κ2) is 2.71. The van der Waals surface area contributed by atoms with Crippen LogP contribution in [0.4, 0.5) is 0 Å². The van der Waals surface area contributed by atoms with Crippen molar-refractivity contribution in [1.29, 1.82) is 0 Å². The zero-order chi connectivity index (χ0) is 8.77. The van der Waals surface area contributed by atoms with Gasteiger partial charge in [-0.3, -0.25) is 0 Å². The summed E-state index contributed by atoms with van der Waals surface area (Å²) in [4.78, 5) is 2.54. The molecule has 1 saturated heterocycles. The van der Waals surface area contributed by atoms with Gasteiger partial charge in [-0.2, -0.15) is 0 Å². The van der Waals surface area contributed by atoms with Crippen molar-refractivity contribution in [1.82, 2.24) is 4.90 Å². The van der Waals surface area contributed by atoms with Crippen molar-refractivity contribution >= 4 is 0 Å². The van der Waals surface area contributed by atoms with E-state index in [0.29, 0.717) is 0 Å². The van der Waals surface area contributed by atoms with Gasteiger partial charge in [-0.05, 0) is 24.7 Å². The third-order valence-electron chi connectivity index (χ3n) is 3.49. The molecule has 2 nitrogen and oxygen atoms in total. The highest BCUT2D eigenvalue weighted by Gasteiger charge is 2.41. The Kier molecular flexibility index (Phi) is 1.92. The van der Waals surface area contributed by atoms with Crippen molar-refractivity contribution in [3.63, 3.8) is 0 Å². The first-order valence-corrected chi connectivity index (χ1v) is 5.10. The largest absolute Gasteiger partial charge is 0.324 e. The fourth-order valence-electron chi connectivity index (χ4n) is 2.14. The minimum atomic E-state index is 0.212. The Morgan fingerprint density at radius 2 is 1.75 bits per heavy atom. The van der Waals surface area contributed by atoms with Gasteiger partial charge in [0.2, 0.25) is 0 Å². The molecule has 2 aliphatic rings. The normalized spacial score (nSPS) is 40.2. The van der Waals surface area contributed by atoms with Crippen molar-refractivity contribution < 1.29 is 0 Å². The van der Waals surface area contributed by atoms with Crippen LogP contribution in [-0.4, -0.2) is 30.1 Å². The minimum Gasteiger partial charge on any atom is -0.324 e. The summed E-state index contributed by atoms with van der Waals surface area (Å²) >= 11 is 0. The summed E-state index contributed by atoms with van der Waals surface area (Å²) in [6.07, 6.45) is 2.48. The second-order valence-corrected chi connectivity index (χ2v) is 5.01. The molecular weight excluding hydrogens is 148 g/mol. The van der Waals surface area contributed by atoms with Gasteiger partial charge < -0.3 is 10.6 Å². The first kappa shape index (κ1) is 8.52. The molecule has 0 bridgehead atoms. The molecule has 2 atom stereocenters. The lowest BCUT2D eigenvalue weighted by Crippen LogP contribution is -2.38. The summed E-state index contributed by atoms with van der Waals surface area (Å²) in [7, 11) is 0. The SMILES string of the molecule is CC1CN(CC2(N)CC2)CC1C. The number of nitrogens with zero attached hydrogens (tertiary/aromatic N) is 1. The van der Waals surface area contributed by atoms with Crippen LogP contribution in [-0.2, 0) is 0 Å². The molecule has 0 aromatic rings. The van der Waals surface area contributed by atoms with Crippen LogP contribution in [0.1, 0.15) is 26.7 Å². The molecule has 1 aliphatic heterocycles. The average molecular weight is 168 g/mol. The Bertz CT molecular complexity index is 165. The van der Waals surface area contributed by atoms with Gasteiger partial charge in [0.25, 0.3) is 0 Å².